The van der Waals surface area contributed by atoms with Gasteiger partial charge in [-0.05, 0) is 36.8 Å². The third-order valence-corrected chi connectivity index (χ3v) is 4.33. The van der Waals surface area contributed by atoms with Gasteiger partial charge in [0.25, 0.3) is 5.72 Å². The SMILES string of the molecule is CCOC(=O)[C@@H]1[C@@H](c2ccc(OC)c(OC)c2)NC(=S)N[C@]1(O)C(F)(F)F. The molecule has 0 saturated carbocycles. The van der Waals surface area contributed by atoms with Crippen molar-refractivity contribution >= 4 is 23.3 Å². The summed E-state index contributed by atoms with van der Waals surface area (Å²) >= 11 is 4.82. The Morgan fingerprint density at radius 1 is 1.30 bits per heavy atom. The summed E-state index contributed by atoms with van der Waals surface area (Å²) in [6.07, 6.45) is -5.20. The van der Waals surface area contributed by atoms with Crippen LogP contribution in [0, 0.1) is 5.92 Å². The Morgan fingerprint density at radius 2 is 1.93 bits per heavy atom. The number of benzene rings is 1. The van der Waals surface area contributed by atoms with E-state index in [0.29, 0.717) is 5.75 Å². The van der Waals surface area contributed by atoms with Crippen LogP contribution in [0.25, 0.3) is 0 Å². The molecule has 27 heavy (non-hydrogen) atoms. The number of aliphatic hydroxyl groups is 1. The summed E-state index contributed by atoms with van der Waals surface area (Å²) in [5.41, 5.74) is -3.39. The fourth-order valence-corrected chi connectivity index (χ4v) is 3.14. The molecule has 1 heterocycles. The number of rotatable bonds is 5. The summed E-state index contributed by atoms with van der Waals surface area (Å²) in [6, 6.07) is 2.98. The molecule has 1 aliphatic heterocycles. The number of carbonyl (C=O) groups is 1. The van der Waals surface area contributed by atoms with Gasteiger partial charge in [-0.2, -0.15) is 13.2 Å². The van der Waals surface area contributed by atoms with Gasteiger partial charge in [0, 0.05) is 0 Å². The molecule has 3 N–H and O–H groups in total. The molecule has 1 aromatic rings. The average molecular weight is 408 g/mol. The second kappa shape index (κ2) is 7.77. The molecule has 1 aliphatic rings. The van der Waals surface area contributed by atoms with E-state index in [0.717, 1.165) is 0 Å². The van der Waals surface area contributed by atoms with E-state index in [-0.39, 0.29) is 17.9 Å². The third-order valence-electron chi connectivity index (χ3n) is 4.11. The molecular formula is C16H19F3N2O5S. The van der Waals surface area contributed by atoms with Crippen molar-refractivity contribution in [3.8, 4) is 11.5 Å². The van der Waals surface area contributed by atoms with Crippen molar-refractivity contribution in [2.45, 2.75) is 24.9 Å². The summed E-state index contributed by atoms with van der Waals surface area (Å²) in [7, 11) is 2.76. The van der Waals surface area contributed by atoms with E-state index in [1.54, 1.807) is 5.32 Å². The Morgan fingerprint density at radius 3 is 2.44 bits per heavy atom. The van der Waals surface area contributed by atoms with Crippen molar-refractivity contribution in [3.05, 3.63) is 23.8 Å². The molecule has 0 bridgehead atoms. The van der Waals surface area contributed by atoms with Crippen LogP contribution in [0.1, 0.15) is 18.5 Å². The third kappa shape index (κ3) is 3.88. The van der Waals surface area contributed by atoms with E-state index in [1.165, 1.54) is 39.3 Å². The Labute approximate surface area is 158 Å². The number of carbonyl (C=O) groups excluding carboxylic acids is 1. The number of nitrogens with one attached hydrogen (secondary N) is 2. The number of halogens is 3. The van der Waals surface area contributed by atoms with E-state index in [9.17, 15) is 23.1 Å². The minimum absolute atomic E-state index is 0.160. The molecule has 1 fully saturated rings. The van der Waals surface area contributed by atoms with Gasteiger partial charge >= 0.3 is 12.1 Å². The van der Waals surface area contributed by atoms with Crippen LogP contribution in [0.4, 0.5) is 13.2 Å². The number of esters is 1. The second-order valence-corrected chi connectivity index (χ2v) is 6.09. The maximum absolute atomic E-state index is 13.7. The normalized spacial score (nSPS) is 25.2. The van der Waals surface area contributed by atoms with Crippen molar-refractivity contribution in [3.63, 3.8) is 0 Å². The summed E-state index contributed by atoms with van der Waals surface area (Å²) in [4.78, 5) is 12.4. The largest absolute Gasteiger partial charge is 0.493 e. The lowest BCUT2D eigenvalue weighted by Crippen LogP contribution is -2.73. The Balaban J connectivity index is 2.60. The van der Waals surface area contributed by atoms with Crippen LogP contribution in [0.15, 0.2) is 18.2 Å². The van der Waals surface area contributed by atoms with Gasteiger partial charge in [-0.3, -0.25) is 4.79 Å². The number of hydrogen-bond acceptors (Lipinski definition) is 6. The summed E-state index contributed by atoms with van der Waals surface area (Å²) in [5.74, 6) is -2.72. The molecule has 150 valence electrons. The van der Waals surface area contributed by atoms with E-state index in [4.69, 9.17) is 26.4 Å². The molecule has 0 aliphatic carbocycles. The summed E-state index contributed by atoms with van der Waals surface area (Å²) in [6.45, 7) is 1.29. The first-order valence-corrected chi connectivity index (χ1v) is 8.26. The number of ether oxygens (including phenoxy) is 3. The van der Waals surface area contributed by atoms with E-state index >= 15 is 0 Å². The smallest absolute Gasteiger partial charge is 0.437 e. The van der Waals surface area contributed by atoms with Crippen LogP contribution < -0.4 is 20.1 Å². The van der Waals surface area contributed by atoms with Gasteiger partial charge in [0.2, 0.25) is 0 Å². The quantitative estimate of drug-likeness (QED) is 0.501. The Hall–Kier alpha value is -2.27. The highest BCUT2D eigenvalue weighted by Gasteiger charge is 2.66. The zero-order valence-corrected chi connectivity index (χ0v) is 15.5. The standard InChI is InChI=1S/C16H19F3N2O5S/c1-4-26-13(22)11-12(8-5-6-9(24-2)10(7-8)25-3)20-14(27)21-15(11,23)16(17,18)19/h5-7,11-12,23H,4H2,1-3H3,(H2,20,21,27)/t11-,12+,15+/m0/s1. The van der Waals surface area contributed by atoms with Gasteiger partial charge in [0.05, 0.1) is 26.9 Å². The molecule has 2 rings (SSSR count). The Kier molecular flexibility index (Phi) is 6.05. The van der Waals surface area contributed by atoms with Gasteiger partial charge in [0.15, 0.2) is 16.6 Å². The van der Waals surface area contributed by atoms with Crippen LogP contribution in [-0.2, 0) is 9.53 Å². The summed E-state index contributed by atoms with van der Waals surface area (Å²) < 4.78 is 56.0. The topological polar surface area (TPSA) is 89.1 Å². The average Bonchev–Trinajstić information content (AvgIpc) is 2.59. The molecule has 0 aromatic heterocycles. The predicted octanol–water partition coefficient (Wildman–Crippen LogP) is 1.65. The highest BCUT2D eigenvalue weighted by Crippen LogP contribution is 2.44. The van der Waals surface area contributed by atoms with Crippen molar-refractivity contribution in [2.75, 3.05) is 20.8 Å². The minimum atomic E-state index is -5.20. The lowest BCUT2D eigenvalue weighted by atomic mass is 9.82. The molecule has 0 radical (unpaired) electrons. The first-order chi connectivity index (χ1) is 12.6. The zero-order chi connectivity index (χ0) is 20.4. The van der Waals surface area contributed by atoms with E-state index in [2.05, 4.69) is 5.32 Å². The highest BCUT2D eigenvalue weighted by molar-refractivity contribution is 7.80. The van der Waals surface area contributed by atoms with E-state index in [1.807, 2.05) is 0 Å². The van der Waals surface area contributed by atoms with Crippen molar-refractivity contribution in [1.29, 1.82) is 0 Å². The first kappa shape index (κ1) is 21.0. The molecular weight excluding hydrogens is 389 g/mol. The first-order valence-electron chi connectivity index (χ1n) is 7.85. The second-order valence-electron chi connectivity index (χ2n) is 5.68. The summed E-state index contributed by atoms with van der Waals surface area (Å²) in [5, 5.41) is 14.3. The van der Waals surface area contributed by atoms with Crippen molar-refractivity contribution in [1.82, 2.24) is 10.6 Å². The van der Waals surface area contributed by atoms with Gasteiger partial charge in [-0.15, -0.1) is 0 Å². The number of alkyl halides is 3. The molecule has 0 amide bonds. The maximum Gasteiger partial charge on any atom is 0.437 e. The van der Waals surface area contributed by atoms with Crippen LogP contribution in [0.5, 0.6) is 11.5 Å². The monoisotopic (exact) mass is 408 g/mol. The molecule has 0 unspecified atom stereocenters. The fourth-order valence-electron chi connectivity index (χ4n) is 2.86. The lowest BCUT2D eigenvalue weighted by Gasteiger charge is -2.45. The van der Waals surface area contributed by atoms with Crippen molar-refractivity contribution < 1.29 is 37.3 Å². The number of methoxy groups -OCH3 is 2. The molecule has 3 atom stereocenters. The molecule has 11 heteroatoms. The molecule has 1 saturated heterocycles. The molecule has 1 aromatic carbocycles. The molecule has 0 spiro atoms. The zero-order valence-electron chi connectivity index (χ0n) is 14.7. The van der Waals surface area contributed by atoms with Crippen LogP contribution in [0.3, 0.4) is 0 Å². The predicted molar refractivity (Wildman–Crippen MR) is 92.3 cm³/mol. The maximum atomic E-state index is 13.7. The van der Waals surface area contributed by atoms with Crippen LogP contribution >= 0.6 is 12.2 Å². The lowest BCUT2D eigenvalue weighted by molar-refractivity contribution is -0.292. The van der Waals surface area contributed by atoms with Gasteiger partial charge < -0.3 is 30.0 Å². The molecule has 7 nitrogen and oxygen atoms in total. The van der Waals surface area contributed by atoms with Crippen molar-refractivity contribution in [2.24, 2.45) is 5.92 Å². The van der Waals surface area contributed by atoms with Gasteiger partial charge in [-0.25, -0.2) is 0 Å². The fraction of sp³-hybridized carbons (Fsp3) is 0.500. The van der Waals surface area contributed by atoms with E-state index < -0.39 is 34.9 Å². The van der Waals surface area contributed by atoms with Gasteiger partial charge in [-0.1, -0.05) is 6.07 Å². The number of thiocarbonyl (C=S) groups is 1. The Bertz CT molecular complexity index is 730. The highest BCUT2D eigenvalue weighted by atomic mass is 32.1. The van der Waals surface area contributed by atoms with Crippen LogP contribution in [-0.4, -0.2) is 48.9 Å². The van der Waals surface area contributed by atoms with Crippen LogP contribution in [0.2, 0.25) is 0 Å². The minimum Gasteiger partial charge on any atom is -0.493 e. The van der Waals surface area contributed by atoms with Gasteiger partial charge in [0.1, 0.15) is 5.92 Å². The number of hydrogen-bond donors (Lipinski definition) is 3.